The van der Waals surface area contributed by atoms with E-state index in [1.807, 2.05) is 6.08 Å². The lowest BCUT2D eigenvalue weighted by Gasteiger charge is -2.04. The lowest BCUT2D eigenvalue weighted by Crippen LogP contribution is -2.01. The molecule has 0 radical (unpaired) electrons. The second kappa shape index (κ2) is 3.55. The molecule has 1 atom stereocenters. The number of carbonyl (C=O) groups is 1. The molecule has 1 fully saturated rings. The zero-order valence-corrected chi connectivity index (χ0v) is 6.31. The summed E-state index contributed by atoms with van der Waals surface area (Å²) >= 11 is 0. The van der Waals surface area contributed by atoms with Crippen LogP contribution in [0.5, 0.6) is 0 Å². The summed E-state index contributed by atoms with van der Waals surface area (Å²) in [6, 6.07) is 0. The van der Waals surface area contributed by atoms with Crippen LogP contribution in [0.4, 0.5) is 0 Å². The predicted octanol–water partition coefficient (Wildman–Crippen LogP) is 2.32. The standard InChI is InChI=1S/C9H14O/c1-2-8-5-3-4-6-9(10)7-8/h2,8H,1,3-7H2. The molecule has 1 aliphatic carbocycles. The Bertz CT molecular complexity index is 138. The Morgan fingerprint density at radius 3 is 3.00 bits per heavy atom. The summed E-state index contributed by atoms with van der Waals surface area (Å²) in [6.07, 6.45) is 6.90. The molecule has 1 rings (SSSR count). The number of hydrogen-bond donors (Lipinski definition) is 0. The van der Waals surface area contributed by atoms with Crippen LogP contribution in [0.1, 0.15) is 32.1 Å². The van der Waals surface area contributed by atoms with Crippen LogP contribution in [0.25, 0.3) is 0 Å². The van der Waals surface area contributed by atoms with Crippen LogP contribution in [0, 0.1) is 5.92 Å². The molecule has 0 aromatic heterocycles. The van der Waals surface area contributed by atoms with E-state index in [1.165, 1.54) is 6.42 Å². The van der Waals surface area contributed by atoms with Gasteiger partial charge < -0.3 is 0 Å². The van der Waals surface area contributed by atoms with Crippen molar-refractivity contribution in [1.29, 1.82) is 0 Å². The molecule has 0 amide bonds. The van der Waals surface area contributed by atoms with Crippen molar-refractivity contribution < 1.29 is 4.79 Å². The maximum absolute atomic E-state index is 11.0. The molecule has 1 aliphatic rings. The van der Waals surface area contributed by atoms with Crippen LogP contribution < -0.4 is 0 Å². The normalized spacial score (nSPS) is 27.6. The zero-order valence-electron chi connectivity index (χ0n) is 6.31. The number of ketones is 1. The third kappa shape index (κ3) is 1.98. The first-order chi connectivity index (χ1) is 4.83. The van der Waals surface area contributed by atoms with Gasteiger partial charge in [0.2, 0.25) is 0 Å². The van der Waals surface area contributed by atoms with Gasteiger partial charge in [-0.3, -0.25) is 4.79 Å². The number of rotatable bonds is 1. The highest BCUT2D eigenvalue weighted by atomic mass is 16.1. The maximum atomic E-state index is 11.0. The predicted molar refractivity (Wildman–Crippen MR) is 41.8 cm³/mol. The molecular formula is C9H14O. The van der Waals surface area contributed by atoms with E-state index in [1.54, 1.807) is 0 Å². The number of Topliss-reactive ketones (excluding diaryl/α,β-unsaturated/α-hetero) is 1. The molecular weight excluding hydrogens is 124 g/mol. The van der Waals surface area contributed by atoms with Gasteiger partial charge in [0.15, 0.2) is 0 Å². The molecule has 1 heteroatoms. The van der Waals surface area contributed by atoms with Gasteiger partial charge in [0.1, 0.15) is 5.78 Å². The van der Waals surface area contributed by atoms with Gasteiger partial charge in [0.05, 0.1) is 0 Å². The van der Waals surface area contributed by atoms with Crippen molar-refractivity contribution in [2.24, 2.45) is 5.92 Å². The first kappa shape index (κ1) is 7.52. The van der Waals surface area contributed by atoms with E-state index >= 15 is 0 Å². The average molecular weight is 138 g/mol. The molecule has 0 aromatic carbocycles. The molecule has 0 spiro atoms. The summed E-state index contributed by atoms with van der Waals surface area (Å²) in [5, 5.41) is 0. The molecule has 0 aromatic rings. The van der Waals surface area contributed by atoms with Crippen molar-refractivity contribution >= 4 is 5.78 Å². The maximum Gasteiger partial charge on any atom is 0.133 e. The fourth-order valence-corrected chi connectivity index (χ4v) is 1.43. The van der Waals surface area contributed by atoms with Gasteiger partial charge in [0.25, 0.3) is 0 Å². The van der Waals surface area contributed by atoms with Crippen LogP contribution in [-0.4, -0.2) is 5.78 Å². The van der Waals surface area contributed by atoms with Crippen molar-refractivity contribution in [3.63, 3.8) is 0 Å². The van der Waals surface area contributed by atoms with Crippen molar-refractivity contribution in [2.45, 2.75) is 32.1 Å². The first-order valence-corrected chi connectivity index (χ1v) is 3.97. The molecule has 10 heavy (non-hydrogen) atoms. The molecule has 0 heterocycles. The Kier molecular flexibility index (Phi) is 2.67. The molecule has 0 saturated heterocycles. The van der Waals surface area contributed by atoms with Crippen LogP contribution in [0.15, 0.2) is 12.7 Å². The Morgan fingerprint density at radius 2 is 2.30 bits per heavy atom. The summed E-state index contributed by atoms with van der Waals surface area (Å²) in [5.41, 5.74) is 0. The average Bonchev–Trinajstić information content (AvgIpc) is 2.13. The van der Waals surface area contributed by atoms with E-state index in [0.29, 0.717) is 11.7 Å². The number of hydrogen-bond acceptors (Lipinski definition) is 1. The van der Waals surface area contributed by atoms with Gasteiger partial charge in [-0.15, -0.1) is 6.58 Å². The molecule has 0 bridgehead atoms. The minimum atomic E-state index is 0.419. The van der Waals surface area contributed by atoms with Crippen molar-refractivity contribution in [1.82, 2.24) is 0 Å². The first-order valence-electron chi connectivity index (χ1n) is 3.97. The summed E-state index contributed by atoms with van der Waals surface area (Å²) in [5.74, 6) is 0.886. The Morgan fingerprint density at radius 1 is 1.50 bits per heavy atom. The van der Waals surface area contributed by atoms with Gasteiger partial charge in [0, 0.05) is 12.8 Å². The van der Waals surface area contributed by atoms with Gasteiger partial charge >= 0.3 is 0 Å². The van der Waals surface area contributed by atoms with Crippen LogP contribution in [0.3, 0.4) is 0 Å². The Balaban J connectivity index is 2.45. The van der Waals surface area contributed by atoms with E-state index in [9.17, 15) is 4.79 Å². The minimum Gasteiger partial charge on any atom is -0.300 e. The van der Waals surface area contributed by atoms with Crippen LogP contribution >= 0.6 is 0 Å². The lowest BCUT2D eigenvalue weighted by molar-refractivity contribution is -0.119. The topological polar surface area (TPSA) is 17.1 Å². The summed E-state index contributed by atoms with van der Waals surface area (Å²) in [7, 11) is 0. The minimum absolute atomic E-state index is 0.419. The van der Waals surface area contributed by atoms with Crippen LogP contribution in [0.2, 0.25) is 0 Å². The van der Waals surface area contributed by atoms with E-state index in [-0.39, 0.29) is 0 Å². The van der Waals surface area contributed by atoms with Crippen molar-refractivity contribution in [3.8, 4) is 0 Å². The Hall–Kier alpha value is -0.590. The molecule has 0 aliphatic heterocycles. The van der Waals surface area contributed by atoms with E-state index in [2.05, 4.69) is 6.58 Å². The number of allylic oxidation sites excluding steroid dienone is 1. The van der Waals surface area contributed by atoms with Crippen LogP contribution in [-0.2, 0) is 4.79 Å². The highest BCUT2D eigenvalue weighted by molar-refractivity contribution is 5.79. The molecule has 1 unspecified atom stereocenters. The number of carbonyl (C=O) groups excluding carboxylic acids is 1. The zero-order chi connectivity index (χ0) is 7.40. The fraction of sp³-hybridized carbons (Fsp3) is 0.667. The monoisotopic (exact) mass is 138 g/mol. The molecule has 56 valence electrons. The summed E-state index contributed by atoms with van der Waals surface area (Å²) in [4.78, 5) is 11.0. The fourth-order valence-electron chi connectivity index (χ4n) is 1.43. The second-order valence-corrected chi connectivity index (χ2v) is 2.98. The van der Waals surface area contributed by atoms with E-state index in [4.69, 9.17) is 0 Å². The molecule has 0 N–H and O–H groups in total. The highest BCUT2D eigenvalue weighted by Gasteiger charge is 2.13. The third-order valence-electron chi connectivity index (χ3n) is 2.10. The highest BCUT2D eigenvalue weighted by Crippen LogP contribution is 2.20. The molecule has 1 saturated carbocycles. The third-order valence-corrected chi connectivity index (χ3v) is 2.10. The SMILES string of the molecule is C=CC1CCCCC(=O)C1. The van der Waals surface area contributed by atoms with Crippen molar-refractivity contribution in [3.05, 3.63) is 12.7 Å². The van der Waals surface area contributed by atoms with E-state index in [0.717, 1.165) is 25.7 Å². The van der Waals surface area contributed by atoms with Gasteiger partial charge in [-0.2, -0.15) is 0 Å². The lowest BCUT2D eigenvalue weighted by atomic mass is 10.0. The Labute approximate surface area is 62.1 Å². The van der Waals surface area contributed by atoms with E-state index < -0.39 is 0 Å². The van der Waals surface area contributed by atoms with Crippen molar-refractivity contribution in [2.75, 3.05) is 0 Å². The smallest absolute Gasteiger partial charge is 0.133 e. The largest absolute Gasteiger partial charge is 0.300 e. The quantitative estimate of drug-likeness (QED) is 0.401. The van der Waals surface area contributed by atoms with Gasteiger partial charge in [-0.25, -0.2) is 0 Å². The van der Waals surface area contributed by atoms with Gasteiger partial charge in [-0.1, -0.05) is 12.5 Å². The van der Waals surface area contributed by atoms with Gasteiger partial charge in [-0.05, 0) is 18.8 Å². The summed E-state index contributed by atoms with van der Waals surface area (Å²) < 4.78 is 0. The molecule has 1 nitrogen and oxygen atoms in total. The second-order valence-electron chi connectivity index (χ2n) is 2.98. The summed E-state index contributed by atoms with van der Waals surface area (Å²) in [6.45, 7) is 3.71.